The highest BCUT2D eigenvalue weighted by molar-refractivity contribution is 7.12. The second kappa shape index (κ2) is 6.02. The Hall–Kier alpha value is -2.79. The van der Waals surface area contributed by atoms with Gasteiger partial charge >= 0.3 is 0 Å². The van der Waals surface area contributed by atoms with Crippen LogP contribution >= 0.6 is 11.3 Å². The predicted molar refractivity (Wildman–Crippen MR) is 98.5 cm³/mol. The summed E-state index contributed by atoms with van der Waals surface area (Å²) in [6.45, 7) is 1.08. The molecule has 5 heteroatoms. The van der Waals surface area contributed by atoms with Crippen LogP contribution in [0.5, 0.6) is 0 Å². The minimum Gasteiger partial charge on any atom is -0.397 e. The highest BCUT2D eigenvalue weighted by Gasteiger charge is 2.31. The molecule has 120 valence electrons. The van der Waals surface area contributed by atoms with Crippen LogP contribution in [-0.2, 0) is 6.54 Å². The topological polar surface area (TPSA) is 49.6 Å². The summed E-state index contributed by atoms with van der Waals surface area (Å²) in [7, 11) is 0. The van der Waals surface area contributed by atoms with Gasteiger partial charge in [-0.15, -0.1) is 11.3 Å². The van der Waals surface area contributed by atoms with E-state index in [1.54, 1.807) is 0 Å². The number of hydrogen-bond acceptors (Lipinski definition) is 4. The van der Waals surface area contributed by atoms with Gasteiger partial charge in [0.25, 0.3) is 5.91 Å². The van der Waals surface area contributed by atoms with Gasteiger partial charge in [0.2, 0.25) is 0 Å². The molecular weight excluding hydrogens is 318 g/mol. The van der Waals surface area contributed by atoms with Gasteiger partial charge in [-0.25, -0.2) is 0 Å². The Bertz CT molecular complexity index is 875. The van der Waals surface area contributed by atoms with E-state index in [2.05, 4.69) is 4.90 Å². The molecule has 1 aliphatic rings. The van der Waals surface area contributed by atoms with Crippen LogP contribution in [0.15, 0.2) is 66.0 Å². The first-order chi connectivity index (χ1) is 11.7. The number of carbonyl (C=O) groups excluding carboxylic acids is 1. The van der Waals surface area contributed by atoms with Crippen LogP contribution in [-0.4, -0.2) is 17.5 Å². The molecule has 4 nitrogen and oxygen atoms in total. The highest BCUT2D eigenvalue weighted by Crippen LogP contribution is 2.39. The summed E-state index contributed by atoms with van der Waals surface area (Å²) in [6.07, 6.45) is 0. The molecule has 0 atom stereocenters. The Labute approximate surface area is 144 Å². The standard InChI is InChI=1S/C19H17N3OS/c20-15-8-4-5-9-16(15)22-13-21(12-14-6-2-1-3-7-14)19(23)18-17(22)10-11-24-18/h1-11H,12-13,20H2. The van der Waals surface area contributed by atoms with Gasteiger partial charge in [-0.2, -0.15) is 0 Å². The van der Waals surface area contributed by atoms with Crippen molar-refractivity contribution in [2.45, 2.75) is 6.54 Å². The van der Waals surface area contributed by atoms with Crippen molar-refractivity contribution in [1.82, 2.24) is 4.90 Å². The van der Waals surface area contributed by atoms with E-state index in [1.165, 1.54) is 11.3 Å². The van der Waals surface area contributed by atoms with Crippen LogP contribution in [0.2, 0.25) is 0 Å². The predicted octanol–water partition coefficient (Wildman–Crippen LogP) is 4.08. The lowest BCUT2D eigenvalue weighted by molar-refractivity contribution is 0.0740. The quantitative estimate of drug-likeness (QED) is 0.734. The minimum absolute atomic E-state index is 0.0783. The maximum absolute atomic E-state index is 12.8. The van der Waals surface area contributed by atoms with Crippen LogP contribution in [0.25, 0.3) is 0 Å². The van der Waals surface area contributed by atoms with Crippen LogP contribution in [0.3, 0.4) is 0 Å². The molecule has 0 bridgehead atoms. The van der Waals surface area contributed by atoms with Crippen LogP contribution in [0, 0.1) is 0 Å². The summed E-state index contributed by atoms with van der Waals surface area (Å²) in [6, 6.07) is 19.8. The maximum atomic E-state index is 12.8. The van der Waals surface area contributed by atoms with Crippen molar-refractivity contribution in [3.63, 3.8) is 0 Å². The molecule has 0 aliphatic carbocycles. The van der Waals surface area contributed by atoms with Gasteiger partial charge in [0.15, 0.2) is 0 Å². The normalized spacial score (nSPS) is 13.9. The van der Waals surface area contributed by atoms with Gasteiger partial charge in [0, 0.05) is 6.54 Å². The van der Waals surface area contributed by atoms with E-state index < -0.39 is 0 Å². The molecular formula is C19H17N3OS. The first-order valence-corrected chi connectivity index (χ1v) is 8.65. The SMILES string of the molecule is Nc1ccccc1N1CN(Cc2ccccc2)C(=O)c2sccc21. The highest BCUT2D eigenvalue weighted by atomic mass is 32.1. The van der Waals surface area contributed by atoms with Crippen LogP contribution < -0.4 is 10.6 Å². The third kappa shape index (κ3) is 2.53. The number of fused-ring (bicyclic) bond motifs is 1. The van der Waals surface area contributed by atoms with E-state index in [1.807, 2.05) is 70.9 Å². The monoisotopic (exact) mass is 335 g/mol. The van der Waals surface area contributed by atoms with Gasteiger partial charge < -0.3 is 15.5 Å². The maximum Gasteiger partial charge on any atom is 0.267 e. The summed E-state index contributed by atoms with van der Waals surface area (Å²) in [5.41, 5.74) is 9.87. The molecule has 1 aliphatic heterocycles. The van der Waals surface area contributed by atoms with E-state index >= 15 is 0 Å². The molecule has 2 aromatic carbocycles. The Morgan fingerprint density at radius 2 is 1.71 bits per heavy atom. The average molecular weight is 335 g/mol. The molecule has 0 fully saturated rings. The van der Waals surface area contributed by atoms with Crippen molar-refractivity contribution in [2.24, 2.45) is 0 Å². The molecule has 24 heavy (non-hydrogen) atoms. The molecule has 0 spiro atoms. The summed E-state index contributed by atoms with van der Waals surface area (Å²) < 4.78 is 0. The van der Waals surface area contributed by atoms with E-state index in [4.69, 9.17) is 5.73 Å². The summed E-state index contributed by atoms with van der Waals surface area (Å²) >= 11 is 1.48. The smallest absolute Gasteiger partial charge is 0.267 e. The summed E-state index contributed by atoms with van der Waals surface area (Å²) in [5.74, 6) is 0.0783. The molecule has 2 N–H and O–H groups in total. The molecule has 0 radical (unpaired) electrons. The van der Waals surface area contributed by atoms with Crippen LogP contribution in [0.1, 0.15) is 15.2 Å². The average Bonchev–Trinajstić information content (AvgIpc) is 3.09. The molecule has 2 heterocycles. The summed E-state index contributed by atoms with van der Waals surface area (Å²) in [4.78, 5) is 17.6. The van der Waals surface area contributed by atoms with E-state index in [9.17, 15) is 4.79 Å². The van der Waals surface area contributed by atoms with Gasteiger partial charge in [0.05, 0.1) is 23.7 Å². The molecule has 0 saturated carbocycles. The third-order valence-corrected chi connectivity index (χ3v) is 5.06. The lowest BCUT2D eigenvalue weighted by atomic mass is 10.1. The molecule has 4 rings (SSSR count). The minimum atomic E-state index is 0.0783. The van der Waals surface area contributed by atoms with Gasteiger partial charge in [0.1, 0.15) is 4.88 Å². The molecule has 1 amide bonds. The fourth-order valence-corrected chi connectivity index (χ4v) is 3.86. The molecule has 1 aromatic heterocycles. The van der Waals surface area contributed by atoms with Crippen molar-refractivity contribution in [2.75, 3.05) is 17.3 Å². The van der Waals surface area contributed by atoms with E-state index in [-0.39, 0.29) is 5.91 Å². The van der Waals surface area contributed by atoms with Crippen molar-refractivity contribution in [3.05, 3.63) is 76.5 Å². The fraction of sp³-hybridized carbons (Fsp3) is 0.105. The number of nitrogens with two attached hydrogens (primary N) is 1. The number of rotatable bonds is 3. The number of carbonyl (C=O) groups is 1. The van der Waals surface area contributed by atoms with Gasteiger partial charge in [-0.05, 0) is 29.1 Å². The Morgan fingerprint density at radius 3 is 2.50 bits per heavy atom. The van der Waals surface area contributed by atoms with Crippen LogP contribution in [0.4, 0.5) is 17.1 Å². The number of anilines is 3. The Kier molecular flexibility index (Phi) is 3.70. The number of thiophene rings is 1. The number of nitrogen functional groups attached to an aromatic ring is 1. The van der Waals surface area contributed by atoms with E-state index in [0.29, 0.717) is 18.9 Å². The lowest BCUT2D eigenvalue weighted by Crippen LogP contribution is -2.43. The van der Waals surface area contributed by atoms with Crippen molar-refractivity contribution >= 4 is 34.3 Å². The zero-order chi connectivity index (χ0) is 16.5. The van der Waals surface area contributed by atoms with Gasteiger partial charge in [-0.1, -0.05) is 42.5 Å². The zero-order valence-corrected chi connectivity index (χ0v) is 13.9. The molecule has 3 aromatic rings. The van der Waals surface area contributed by atoms with Gasteiger partial charge in [-0.3, -0.25) is 4.79 Å². The van der Waals surface area contributed by atoms with Crippen molar-refractivity contribution < 1.29 is 4.79 Å². The van der Waals surface area contributed by atoms with Crippen molar-refractivity contribution in [3.8, 4) is 0 Å². The number of nitrogens with zero attached hydrogens (tertiary/aromatic N) is 2. The number of hydrogen-bond donors (Lipinski definition) is 1. The number of benzene rings is 2. The first-order valence-electron chi connectivity index (χ1n) is 7.77. The largest absolute Gasteiger partial charge is 0.397 e. The zero-order valence-electron chi connectivity index (χ0n) is 13.1. The second-order valence-electron chi connectivity index (χ2n) is 5.75. The number of para-hydroxylation sites is 2. The first kappa shape index (κ1) is 14.8. The Morgan fingerprint density at radius 1 is 0.958 bits per heavy atom. The fourth-order valence-electron chi connectivity index (χ4n) is 2.99. The van der Waals surface area contributed by atoms with Crippen molar-refractivity contribution in [1.29, 1.82) is 0 Å². The Balaban J connectivity index is 1.72. The summed E-state index contributed by atoms with van der Waals surface area (Å²) in [5, 5.41) is 1.96. The molecule has 0 saturated heterocycles. The van der Waals surface area contributed by atoms with E-state index in [0.717, 1.165) is 21.8 Å². The third-order valence-electron chi connectivity index (χ3n) is 4.17. The second-order valence-corrected chi connectivity index (χ2v) is 6.67. The lowest BCUT2D eigenvalue weighted by Gasteiger charge is -2.37. The molecule has 0 unspecified atom stereocenters. The number of amides is 1.